The first-order valence-corrected chi connectivity index (χ1v) is 25.1. The molecule has 308 valence electrons. The Labute approximate surface area is 337 Å². The maximum Gasteiger partial charge on any atom is 0.223 e. The van der Waals surface area contributed by atoms with Gasteiger partial charge >= 0.3 is 0 Å². The molecule has 0 aromatic heterocycles. The van der Waals surface area contributed by atoms with E-state index in [1.807, 2.05) is 10.8 Å². The minimum atomic E-state index is -0.248. The van der Waals surface area contributed by atoms with Crippen LogP contribution >= 0.6 is 21.6 Å². The fraction of sp³-hybridized carbons (Fsp3) is 0.936. The number of fused-ring (bicyclic) bond motifs is 5. The highest BCUT2D eigenvalue weighted by molar-refractivity contribution is 8.76. The number of hydrogen-bond donors (Lipinski definition) is 2. The van der Waals surface area contributed by atoms with Gasteiger partial charge in [-0.25, -0.2) is 0 Å². The zero-order valence-corrected chi connectivity index (χ0v) is 38.2. The maximum atomic E-state index is 13.4. The van der Waals surface area contributed by atoms with Crippen molar-refractivity contribution >= 4 is 27.5 Å². The molecule has 2 unspecified atom stereocenters. The lowest BCUT2D eigenvalue weighted by atomic mass is 9.47. The van der Waals surface area contributed by atoms with Gasteiger partial charge in [-0.15, -0.1) is 0 Å². The molecule has 0 saturated heterocycles. The number of carbonyl (C=O) groups is 1. The molecule has 0 spiro atoms. The van der Waals surface area contributed by atoms with Gasteiger partial charge < -0.3 is 16.4 Å². The Kier molecular flexibility index (Phi) is 17.2. The molecule has 0 bridgehead atoms. The fourth-order valence-corrected chi connectivity index (χ4v) is 14.6. The Hall–Kier alpha value is -0.170. The highest BCUT2D eigenvalue weighted by atomic mass is 33.1. The minimum Gasteiger partial charge on any atom is -0.343 e. The van der Waals surface area contributed by atoms with Gasteiger partial charge in [0.1, 0.15) is 0 Å². The number of nitrogens with zero attached hydrogens (tertiary/aromatic N) is 1. The van der Waals surface area contributed by atoms with E-state index in [4.69, 9.17) is 11.5 Å². The van der Waals surface area contributed by atoms with Crippen molar-refractivity contribution in [3.8, 4) is 0 Å². The van der Waals surface area contributed by atoms with Gasteiger partial charge in [-0.05, 0) is 157 Å². The largest absolute Gasteiger partial charge is 0.343 e. The number of carbonyl (C=O) groups excluding carboxylic acids is 1. The topological polar surface area (TPSA) is 72.3 Å². The SMILES string of the molecule is CC[C@H](CC[C@@H](C)[C@H]1CCC2[C@@H]3CC=C4C[C@@H](SSCCC(=O)N(CCCCCCCC(C)(C)N)CCC(C)(C)N)CC[C@]4(C)C3CC[C@@]21C)C(C)C. The molecular formula is C47H87N3OS2. The van der Waals surface area contributed by atoms with Crippen LogP contribution in [-0.4, -0.2) is 46.0 Å². The van der Waals surface area contributed by atoms with Crippen LogP contribution in [0.3, 0.4) is 0 Å². The van der Waals surface area contributed by atoms with Gasteiger partial charge in [0.2, 0.25) is 5.91 Å². The summed E-state index contributed by atoms with van der Waals surface area (Å²) in [6.45, 7) is 25.3. The van der Waals surface area contributed by atoms with Crippen molar-refractivity contribution < 1.29 is 4.79 Å². The van der Waals surface area contributed by atoms with Crippen LogP contribution in [0.15, 0.2) is 11.6 Å². The summed E-state index contributed by atoms with van der Waals surface area (Å²) < 4.78 is 0. The Morgan fingerprint density at radius 3 is 2.26 bits per heavy atom. The molecule has 3 saturated carbocycles. The number of nitrogens with two attached hydrogens (primary N) is 2. The van der Waals surface area contributed by atoms with Gasteiger partial charge in [-0.3, -0.25) is 4.79 Å². The number of rotatable bonds is 22. The standard InChI is InChI=1S/C47H87N3OS2/c1-11-36(34(2)3)18-17-35(4)40-21-22-41-39-20-19-37-33-38(23-27-46(37,9)42(39)24-28-47(40,41)10)53-52-32-25-43(51)50(31-29-45(7,8)49)30-16-14-12-13-15-26-44(5,6)48/h19,34-36,38-42H,11-18,20-33,48-49H2,1-10H3/t35-,36-,38+,39+,40-,41?,42?,46+,47-/m1/s1. The zero-order chi connectivity index (χ0) is 39.0. The van der Waals surface area contributed by atoms with Crippen LogP contribution < -0.4 is 11.5 Å². The smallest absolute Gasteiger partial charge is 0.223 e. The molecule has 3 fully saturated rings. The molecule has 6 heteroatoms. The zero-order valence-electron chi connectivity index (χ0n) is 36.6. The van der Waals surface area contributed by atoms with Gasteiger partial charge in [0.25, 0.3) is 0 Å². The first kappa shape index (κ1) is 45.5. The molecule has 53 heavy (non-hydrogen) atoms. The number of unbranched alkanes of at least 4 members (excludes halogenated alkanes) is 4. The molecule has 4 nitrogen and oxygen atoms in total. The first-order valence-electron chi connectivity index (χ1n) is 22.7. The molecule has 0 aromatic carbocycles. The van der Waals surface area contributed by atoms with E-state index in [0.29, 0.717) is 28.4 Å². The van der Waals surface area contributed by atoms with Gasteiger partial charge in [0.05, 0.1) is 0 Å². The summed E-state index contributed by atoms with van der Waals surface area (Å²) in [5.41, 5.74) is 14.9. The lowest BCUT2D eigenvalue weighted by Crippen LogP contribution is -2.50. The normalized spacial score (nSPS) is 31.4. The summed E-state index contributed by atoms with van der Waals surface area (Å²) in [4.78, 5) is 15.6. The summed E-state index contributed by atoms with van der Waals surface area (Å²) in [6, 6.07) is 0. The molecule has 4 aliphatic carbocycles. The molecule has 4 aliphatic rings. The van der Waals surface area contributed by atoms with Crippen LogP contribution in [-0.2, 0) is 4.79 Å². The van der Waals surface area contributed by atoms with Crippen molar-refractivity contribution in [2.45, 2.75) is 208 Å². The molecule has 1 amide bonds. The van der Waals surface area contributed by atoms with Crippen LogP contribution in [0.2, 0.25) is 0 Å². The molecule has 0 heterocycles. The highest BCUT2D eigenvalue weighted by Crippen LogP contribution is 2.67. The van der Waals surface area contributed by atoms with Crippen molar-refractivity contribution in [3.05, 3.63) is 11.6 Å². The second-order valence-corrected chi connectivity index (χ2v) is 23.9. The molecule has 0 radical (unpaired) electrons. The summed E-state index contributed by atoms with van der Waals surface area (Å²) >= 11 is 0. The molecule has 4 rings (SSSR count). The number of amides is 1. The number of hydrogen-bond acceptors (Lipinski definition) is 5. The van der Waals surface area contributed by atoms with E-state index >= 15 is 0 Å². The molecule has 9 atom stereocenters. The van der Waals surface area contributed by atoms with E-state index in [1.165, 1.54) is 96.3 Å². The van der Waals surface area contributed by atoms with Crippen LogP contribution in [0, 0.1) is 52.3 Å². The summed E-state index contributed by atoms with van der Waals surface area (Å²) in [6.07, 6.45) is 26.6. The predicted molar refractivity (Wildman–Crippen MR) is 236 cm³/mol. The fourth-order valence-electron chi connectivity index (χ4n) is 12.0. The minimum absolute atomic E-state index is 0.0647. The van der Waals surface area contributed by atoms with Crippen LogP contribution in [0.5, 0.6) is 0 Å². The van der Waals surface area contributed by atoms with Crippen LogP contribution in [0.4, 0.5) is 0 Å². The van der Waals surface area contributed by atoms with Crippen molar-refractivity contribution in [2.75, 3.05) is 18.8 Å². The van der Waals surface area contributed by atoms with Gasteiger partial charge in [-0.1, -0.05) is 113 Å². The summed E-state index contributed by atoms with van der Waals surface area (Å²) in [7, 11) is 4.05. The molecular weight excluding hydrogens is 687 g/mol. The quantitative estimate of drug-likeness (QED) is 0.0651. The molecule has 0 aromatic rings. The summed E-state index contributed by atoms with van der Waals surface area (Å²) in [5, 5.41) is 0.688. The Morgan fingerprint density at radius 1 is 0.887 bits per heavy atom. The average Bonchev–Trinajstić information content (AvgIpc) is 3.44. The van der Waals surface area contributed by atoms with Crippen LogP contribution in [0.1, 0.15) is 191 Å². The summed E-state index contributed by atoms with van der Waals surface area (Å²) in [5.74, 6) is 7.47. The predicted octanol–water partition coefficient (Wildman–Crippen LogP) is 12.8. The third-order valence-electron chi connectivity index (χ3n) is 15.5. The first-order chi connectivity index (χ1) is 24.9. The number of allylic oxidation sites excluding steroid dienone is 2. The van der Waals surface area contributed by atoms with Crippen LogP contribution in [0.25, 0.3) is 0 Å². The average molecular weight is 774 g/mol. The van der Waals surface area contributed by atoms with Crippen molar-refractivity contribution in [2.24, 2.45) is 63.7 Å². The second-order valence-electron chi connectivity index (χ2n) is 21.1. The van der Waals surface area contributed by atoms with E-state index in [0.717, 1.165) is 79.5 Å². The van der Waals surface area contributed by atoms with Gasteiger partial charge in [0, 0.05) is 41.6 Å². The second kappa shape index (κ2) is 20.0. The van der Waals surface area contributed by atoms with Crippen molar-refractivity contribution in [3.63, 3.8) is 0 Å². The molecule has 4 N–H and O–H groups in total. The van der Waals surface area contributed by atoms with Gasteiger partial charge in [-0.2, -0.15) is 0 Å². The third kappa shape index (κ3) is 12.7. The van der Waals surface area contributed by atoms with E-state index in [2.05, 4.69) is 91.0 Å². The lowest BCUT2D eigenvalue weighted by molar-refractivity contribution is -0.131. The van der Waals surface area contributed by atoms with Crippen molar-refractivity contribution in [1.29, 1.82) is 0 Å². The highest BCUT2D eigenvalue weighted by Gasteiger charge is 2.59. The maximum absolute atomic E-state index is 13.4. The Bertz CT molecular complexity index is 1160. The monoisotopic (exact) mass is 774 g/mol. The van der Waals surface area contributed by atoms with E-state index in [-0.39, 0.29) is 11.1 Å². The Morgan fingerprint density at radius 2 is 1.58 bits per heavy atom. The van der Waals surface area contributed by atoms with E-state index in [1.54, 1.807) is 5.57 Å². The van der Waals surface area contributed by atoms with Gasteiger partial charge in [0.15, 0.2) is 0 Å². The van der Waals surface area contributed by atoms with Crippen molar-refractivity contribution in [1.82, 2.24) is 4.90 Å². The lowest BCUT2D eigenvalue weighted by Gasteiger charge is -2.58. The van der Waals surface area contributed by atoms with E-state index in [9.17, 15) is 4.79 Å². The Balaban J connectivity index is 1.23. The van der Waals surface area contributed by atoms with E-state index < -0.39 is 0 Å². The third-order valence-corrected chi connectivity index (χ3v) is 18.4. The molecule has 0 aliphatic heterocycles.